The number of hydrogen-bond donors (Lipinski definition) is 2. The molecule has 3 rings (SSSR count). The minimum atomic E-state index is -0.602. The fourth-order valence-corrected chi connectivity index (χ4v) is 2.84. The Kier molecular flexibility index (Phi) is 4.44. The summed E-state index contributed by atoms with van der Waals surface area (Å²) in [6.45, 7) is 4.86. The number of aromatic nitrogens is 4. The standard InChI is InChI=1S/C17H19N5OS/c1-3-4-9-22-16-13(20-17(22)24)12(14(18)23)19-15(21-16)11-7-5-10(2)6-8-11/h5-8H,3-4,9H2,1-2H3,(H2,18,23)(H,20,24). The van der Waals surface area contributed by atoms with E-state index in [9.17, 15) is 4.79 Å². The number of nitrogens with one attached hydrogen (secondary N) is 1. The van der Waals surface area contributed by atoms with Crippen LogP contribution in [0.25, 0.3) is 22.6 Å². The molecule has 6 nitrogen and oxygen atoms in total. The summed E-state index contributed by atoms with van der Waals surface area (Å²) in [5.41, 5.74) is 8.77. The maximum atomic E-state index is 11.9. The number of carbonyl (C=O) groups excluding carboxylic acids is 1. The molecule has 0 saturated carbocycles. The van der Waals surface area contributed by atoms with Gasteiger partial charge in [0.05, 0.1) is 0 Å². The van der Waals surface area contributed by atoms with Crippen molar-refractivity contribution in [3.63, 3.8) is 0 Å². The van der Waals surface area contributed by atoms with Crippen LogP contribution in [0.2, 0.25) is 0 Å². The van der Waals surface area contributed by atoms with Crippen LogP contribution in [0.5, 0.6) is 0 Å². The van der Waals surface area contributed by atoms with E-state index in [4.69, 9.17) is 18.0 Å². The number of imidazole rings is 1. The van der Waals surface area contributed by atoms with E-state index in [1.807, 2.05) is 35.8 Å². The second-order valence-corrected chi connectivity index (χ2v) is 6.15. The summed E-state index contributed by atoms with van der Waals surface area (Å²) in [6.07, 6.45) is 2.00. The van der Waals surface area contributed by atoms with Gasteiger partial charge < -0.3 is 15.3 Å². The average Bonchev–Trinajstić information content (AvgIpc) is 2.87. The number of nitrogens with two attached hydrogens (primary N) is 1. The van der Waals surface area contributed by atoms with Gasteiger partial charge in [-0.1, -0.05) is 43.2 Å². The molecule has 3 N–H and O–H groups in total. The third-order valence-corrected chi connectivity index (χ3v) is 4.22. The lowest BCUT2D eigenvalue weighted by Gasteiger charge is -2.07. The van der Waals surface area contributed by atoms with E-state index >= 15 is 0 Å². The van der Waals surface area contributed by atoms with Gasteiger partial charge in [0.25, 0.3) is 5.91 Å². The van der Waals surface area contributed by atoms with E-state index in [-0.39, 0.29) is 5.69 Å². The van der Waals surface area contributed by atoms with Crippen molar-refractivity contribution in [3.05, 3.63) is 40.3 Å². The number of fused-ring (bicyclic) bond motifs is 1. The third-order valence-electron chi connectivity index (χ3n) is 3.90. The van der Waals surface area contributed by atoms with Crippen molar-refractivity contribution in [2.45, 2.75) is 33.2 Å². The van der Waals surface area contributed by atoms with Gasteiger partial charge in [-0.15, -0.1) is 0 Å². The molecule has 2 heterocycles. The lowest BCUT2D eigenvalue weighted by atomic mass is 10.1. The molecule has 0 bridgehead atoms. The number of unbranched alkanes of at least 4 members (excludes halogenated alkanes) is 1. The van der Waals surface area contributed by atoms with Crippen LogP contribution in [0.4, 0.5) is 0 Å². The van der Waals surface area contributed by atoms with Gasteiger partial charge in [-0.25, -0.2) is 9.97 Å². The predicted octanol–water partition coefficient (Wildman–Crippen LogP) is 3.36. The summed E-state index contributed by atoms with van der Waals surface area (Å²) in [7, 11) is 0. The molecule has 0 atom stereocenters. The van der Waals surface area contributed by atoms with Gasteiger partial charge in [0.2, 0.25) is 0 Å². The first-order valence-electron chi connectivity index (χ1n) is 7.88. The number of carbonyl (C=O) groups is 1. The molecule has 0 aliphatic heterocycles. The van der Waals surface area contributed by atoms with Crippen LogP contribution in [-0.2, 0) is 6.54 Å². The number of benzene rings is 1. The molecule has 3 aromatic rings. The highest BCUT2D eigenvalue weighted by Gasteiger charge is 2.18. The number of aryl methyl sites for hydroxylation is 2. The van der Waals surface area contributed by atoms with Crippen molar-refractivity contribution >= 4 is 29.3 Å². The molecule has 24 heavy (non-hydrogen) atoms. The highest BCUT2D eigenvalue weighted by Crippen LogP contribution is 2.22. The molecule has 0 unspecified atom stereocenters. The summed E-state index contributed by atoms with van der Waals surface area (Å²) in [5, 5.41) is 0. The number of primary amides is 1. The van der Waals surface area contributed by atoms with E-state index in [0.717, 1.165) is 30.5 Å². The molecule has 2 aromatic heterocycles. The Morgan fingerprint density at radius 2 is 2.00 bits per heavy atom. The Morgan fingerprint density at radius 1 is 1.29 bits per heavy atom. The first kappa shape index (κ1) is 16.3. The second kappa shape index (κ2) is 6.52. The number of hydrogen-bond acceptors (Lipinski definition) is 4. The SMILES string of the molecule is CCCCn1c(=S)[nH]c2c(C(N)=O)nc(-c3ccc(C)cc3)nc21. The Hall–Kier alpha value is -2.54. The summed E-state index contributed by atoms with van der Waals surface area (Å²) in [4.78, 5) is 23.9. The van der Waals surface area contributed by atoms with Crippen LogP contribution < -0.4 is 5.73 Å². The summed E-state index contributed by atoms with van der Waals surface area (Å²) in [5.74, 6) is -0.134. The monoisotopic (exact) mass is 341 g/mol. The zero-order chi connectivity index (χ0) is 17.3. The molecule has 0 spiro atoms. The number of aromatic amines is 1. The smallest absolute Gasteiger partial charge is 0.269 e. The lowest BCUT2D eigenvalue weighted by Crippen LogP contribution is -2.15. The maximum absolute atomic E-state index is 11.9. The van der Waals surface area contributed by atoms with Gasteiger partial charge in [0.1, 0.15) is 5.52 Å². The minimum absolute atomic E-state index is 0.164. The van der Waals surface area contributed by atoms with Gasteiger partial charge in [-0.2, -0.15) is 0 Å². The van der Waals surface area contributed by atoms with Crippen LogP contribution in [-0.4, -0.2) is 25.4 Å². The molecule has 124 valence electrons. The van der Waals surface area contributed by atoms with Crippen molar-refractivity contribution < 1.29 is 4.79 Å². The molecular weight excluding hydrogens is 322 g/mol. The third kappa shape index (κ3) is 2.94. The predicted molar refractivity (Wildman–Crippen MR) is 96.3 cm³/mol. The zero-order valence-corrected chi connectivity index (χ0v) is 14.5. The Morgan fingerprint density at radius 3 is 2.62 bits per heavy atom. The van der Waals surface area contributed by atoms with Gasteiger partial charge in [0, 0.05) is 12.1 Å². The molecule has 0 radical (unpaired) electrons. The van der Waals surface area contributed by atoms with Crippen molar-refractivity contribution in [2.75, 3.05) is 0 Å². The Balaban J connectivity index is 2.26. The number of amides is 1. The van der Waals surface area contributed by atoms with Gasteiger partial charge in [-0.3, -0.25) is 4.79 Å². The minimum Gasteiger partial charge on any atom is -0.364 e. The van der Waals surface area contributed by atoms with Gasteiger partial charge >= 0.3 is 0 Å². The molecule has 0 fully saturated rings. The second-order valence-electron chi connectivity index (χ2n) is 5.76. The van der Waals surface area contributed by atoms with Crippen LogP contribution in [0, 0.1) is 11.7 Å². The molecular formula is C17H19N5OS. The summed E-state index contributed by atoms with van der Waals surface area (Å²) < 4.78 is 2.43. The van der Waals surface area contributed by atoms with Gasteiger partial charge in [-0.05, 0) is 25.6 Å². The molecule has 1 amide bonds. The molecule has 0 aliphatic carbocycles. The van der Waals surface area contributed by atoms with Crippen LogP contribution >= 0.6 is 12.2 Å². The van der Waals surface area contributed by atoms with Crippen molar-refractivity contribution in [2.24, 2.45) is 5.73 Å². The van der Waals surface area contributed by atoms with Gasteiger partial charge in [0.15, 0.2) is 21.9 Å². The first-order chi connectivity index (χ1) is 11.5. The quantitative estimate of drug-likeness (QED) is 0.696. The summed E-state index contributed by atoms with van der Waals surface area (Å²) >= 11 is 5.38. The fraction of sp³-hybridized carbons (Fsp3) is 0.294. The van der Waals surface area contributed by atoms with E-state index < -0.39 is 5.91 Å². The van der Waals surface area contributed by atoms with Crippen molar-refractivity contribution in [1.29, 1.82) is 0 Å². The number of rotatable bonds is 5. The van der Waals surface area contributed by atoms with Crippen LogP contribution in [0.3, 0.4) is 0 Å². The Labute approximate surface area is 144 Å². The largest absolute Gasteiger partial charge is 0.364 e. The fourth-order valence-electron chi connectivity index (χ4n) is 2.56. The molecule has 1 aromatic carbocycles. The molecule has 0 aliphatic rings. The highest BCUT2D eigenvalue weighted by atomic mass is 32.1. The van der Waals surface area contributed by atoms with E-state index in [1.54, 1.807) is 0 Å². The van der Waals surface area contributed by atoms with E-state index in [2.05, 4.69) is 21.9 Å². The number of H-pyrrole nitrogens is 1. The molecule has 7 heteroatoms. The Bertz CT molecular complexity index is 956. The zero-order valence-electron chi connectivity index (χ0n) is 13.7. The highest BCUT2D eigenvalue weighted by molar-refractivity contribution is 7.71. The number of nitrogens with zero attached hydrogens (tertiary/aromatic N) is 3. The van der Waals surface area contributed by atoms with Crippen LogP contribution in [0.1, 0.15) is 35.8 Å². The van der Waals surface area contributed by atoms with Crippen LogP contribution in [0.15, 0.2) is 24.3 Å². The molecule has 0 saturated heterocycles. The van der Waals surface area contributed by atoms with E-state index in [0.29, 0.717) is 21.8 Å². The van der Waals surface area contributed by atoms with E-state index in [1.165, 1.54) is 0 Å². The topological polar surface area (TPSA) is 89.6 Å². The first-order valence-corrected chi connectivity index (χ1v) is 8.29. The van der Waals surface area contributed by atoms with Crippen molar-refractivity contribution in [3.8, 4) is 11.4 Å². The normalized spacial score (nSPS) is 11.1. The van der Waals surface area contributed by atoms with Crippen molar-refractivity contribution in [1.82, 2.24) is 19.5 Å². The lowest BCUT2D eigenvalue weighted by molar-refractivity contribution is 0.0997. The maximum Gasteiger partial charge on any atom is 0.269 e. The summed E-state index contributed by atoms with van der Waals surface area (Å²) in [6, 6.07) is 7.82. The average molecular weight is 341 g/mol.